The third-order valence-corrected chi connectivity index (χ3v) is 4.33. The van der Waals surface area contributed by atoms with Crippen molar-refractivity contribution in [3.63, 3.8) is 0 Å². The molecule has 0 amide bonds. The standard InChI is InChI=1S/C16H22N4O/c1-2-17-13-8-10-16(21,11-9-13)15-12-18-19-20(15)14-6-4-3-5-7-14/h3-7,12-13,17,21H,2,8-11H2,1H3. The van der Waals surface area contributed by atoms with Crippen molar-refractivity contribution in [2.75, 3.05) is 6.54 Å². The minimum atomic E-state index is -0.828. The Morgan fingerprint density at radius 3 is 2.67 bits per heavy atom. The first-order chi connectivity index (χ1) is 10.2. The zero-order valence-corrected chi connectivity index (χ0v) is 12.4. The molecule has 0 aliphatic heterocycles. The van der Waals surface area contributed by atoms with Gasteiger partial charge in [-0.05, 0) is 44.4 Å². The summed E-state index contributed by atoms with van der Waals surface area (Å²) in [6.07, 6.45) is 5.13. The number of aromatic nitrogens is 3. The van der Waals surface area contributed by atoms with E-state index in [0.29, 0.717) is 6.04 Å². The van der Waals surface area contributed by atoms with Gasteiger partial charge in [-0.25, -0.2) is 4.68 Å². The maximum Gasteiger partial charge on any atom is 0.108 e. The highest BCUT2D eigenvalue weighted by atomic mass is 16.3. The summed E-state index contributed by atoms with van der Waals surface area (Å²) in [5.74, 6) is 0. The van der Waals surface area contributed by atoms with Crippen LogP contribution in [0.3, 0.4) is 0 Å². The third kappa shape index (κ3) is 2.84. The normalized spacial score (nSPS) is 25.9. The molecule has 2 N–H and O–H groups in total. The molecule has 0 radical (unpaired) electrons. The molecule has 1 aromatic heterocycles. The highest BCUT2D eigenvalue weighted by Crippen LogP contribution is 2.37. The van der Waals surface area contributed by atoms with Gasteiger partial charge in [0, 0.05) is 6.04 Å². The van der Waals surface area contributed by atoms with E-state index in [1.165, 1.54) is 0 Å². The lowest BCUT2D eigenvalue weighted by atomic mass is 9.80. The van der Waals surface area contributed by atoms with E-state index < -0.39 is 5.60 Å². The summed E-state index contributed by atoms with van der Waals surface area (Å²) in [6.45, 7) is 3.10. The van der Waals surface area contributed by atoms with Crippen molar-refractivity contribution >= 4 is 0 Å². The fraction of sp³-hybridized carbons (Fsp3) is 0.500. The SMILES string of the molecule is CCNC1CCC(O)(c2cnnn2-c2ccccc2)CC1. The van der Waals surface area contributed by atoms with Gasteiger partial charge in [-0.3, -0.25) is 0 Å². The fourth-order valence-electron chi connectivity index (χ4n) is 3.16. The third-order valence-electron chi connectivity index (χ3n) is 4.33. The number of hydrogen-bond donors (Lipinski definition) is 2. The van der Waals surface area contributed by atoms with Crippen LogP contribution in [0.25, 0.3) is 5.69 Å². The molecule has 0 saturated heterocycles. The Kier molecular flexibility index (Phi) is 4.03. The van der Waals surface area contributed by atoms with Crippen LogP contribution in [0.4, 0.5) is 0 Å². The van der Waals surface area contributed by atoms with Crippen molar-refractivity contribution in [3.8, 4) is 5.69 Å². The number of nitrogens with zero attached hydrogens (tertiary/aromatic N) is 3. The lowest BCUT2D eigenvalue weighted by Gasteiger charge is -2.36. The van der Waals surface area contributed by atoms with Crippen LogP contribution in [0.15, 0.2) is 36.5 Å². The van der Waals surface area contributed by atoms with Gasteiger partial charge in [0.1, 0.15) is 5.60 Å². The van der Waals surface area contributed by atoms with Crippen molar-refractivity contribution < 1.29 is 5.11 Å². The first-order valence-corrected chi connectivity index (χ1v) is 7.65. The smallest absolute Gasteiger partial charge is 0.108 e. The van der Waals surface area contributed by atoms with E-state index >= 15 is 0 Å². The molecule has 1 fully saturated rings. The molecule has 1 heterocycles. The van der Waals surface area contributed by atoms with Crippen molar-refractivity contribution in [2.45, 2.75) is 44.2 Å². The molecular weight excluding hydrogens is 264 g/mol. The molecule has 3 rings (SSSR count). The second-order valence-electron chi connectivity index (χ2n) is 5.73. The van der Waals surface area contributed by atoms with Gasteiger partial charge in [0.05, 0.1) is 17.6 Å². The monoisotopic (exact) mass is 286 g/mol. The molecule has 0 spiro atoms. The Hall–Kier alpha value is -1.72. The zero-order valence-electron chi connectivity index (χ0n) is 12.4. The van der Waals surface area contributed by atoms with Crippen molar-refractivity contribution in [3.05, 3.63) is 42.2 Å². The number of nitrogens with one attached hydrogen (secondary N) is 1. The van der Waals surface area contributed by atoms with Gasteiger partial charge in [-0.15, -0.1) is 5.10 Å². The summed E-state index contributed by atoms with van der Waals surface area (Å²) < 4.78 is 1.76. The van der Waals surface area contributed by atoms with Crippen molar-refractivity contribution in [2.24, 2.45) is 0 Å². The molecule has 0 unspecified atom stereocenters. The molecule has 5 nitrogen and oxygen atoms in total. The minimum absolute atomic E-state index is 0.510. The summed E-state index contributed by atoms with van der Waals surface area (Å²) in [4.78, 5) is 0. The van der Waals surface area contributed by atoms with E-state index in [2.05, 4.69) is 22.6 Å². The maximum atomic E-state index is 11.0. The molecular formula is C16H22N4O. The molecule has 0 atom stereocenters. The summed E-state index contributed by atoms with van der Waals surface area (Å²) in [7, 11) is 0. The molecule has 0 bridgehead atoms. The lowest BCUT2D eigenvalue weighted by molar-refractivity contribution is -0.0140. The van der Waals surface area contributed by atoms with Crippen molar-refractivity contribution in [1.29, 1.82) is 0 Å². The van der Waals surface area contributed by atoms with E-state index in [4.69, 9.17) is 0 Å². The average Bonchev–Trinajstić information content (AvgIpc) is 3.01. The van der Waals surface area contributed by atoms with Crippen LogP contribution in [0.1, 0.15) is 38.3 Å². The Balaban J connectivity index is 1.83. The Bertz CT molecular complexity index is 573. The highest BCUT2D eigenvalue weighted by molar-refractivity contribution is 5.33. The number of aliphatic hydroxyl groups is 1. The summed E-state index contributed by atoms with van der Waals surface area (Å²) in [5.41, 5.74) is 0.904. The van der Waals surface area contributed by atoms with Gasteiger partial charge < -0.3 is 10.4 Å². The van der Waals surface area contributed by atoms with Crippen LogP contribution in [0.2, 0.25) is 0 Å². The zero-order chi connectivity index (χ0) is 14.7. The van der Waals surface area contributed by atoms with Crippen LogP contribution in [-0.2, 0) is 5.60 Å². The van der Waals surface area contributed by atoms with Gasteiger partial charge in [0.25, 0.3) is 0 Å². The van der Waals surface area contributed by atoms with Crippen LogP contribution in [0.5, 0.6) is 0 Å². The van der Waals surface area contributed by atoms with Crippen molar-refractivity contribution in [1.82, 2.24) is 20.3 Å². The predicted molar refractivity (Wildman–Crippen MR) is 81.2 cm³/mol. The topological polar surface area (TPSA) is 63.0 Å². The van der Waals surface area contributed by atoms with Gasteiger partial charge in [-0.1, -0.05) is 30.3 Å². The van der Waals surface area contributed by atoms with Gasteiger partial charge in [-0.2, -0.15) is 0 Å². The van der Waals surface area contributed by atoms with E-state index in [1.54, 1.807) is 10.9 Å². The second kappa shape index (κ2) is 5.95. The van der Waals surface area contributed by atoms with E-state index in [-0.39, 0.29) is 0 Å². The average molecular weight is 286 g/mol. The van der Waals surface area contributed by atoms with Gasteiger partial charge in [0.15, 0.2) is 0 Å². The first kappa shape index (κ1) is 14.2. The quantitative estimate of drug-likeness (QED) is 0.902. The van der Waals surface area contributed by atoms with E-state index in [0.717, 1.165) is 43.6 Å². The number of rotatable bonds is 4. The largest absolute Gasteiger partial charge is 0.383 e. The van der Waals surface area contributed by atoms with E-state index in [9.17, 15) is 5.11 Å². The molecule has 1 saturated carbocycles. The molecule has 1 aromatic carbocycles. The number of hydrogen-bond acceptors (Lipinski definition) is 4. The van der Waals surface area contributed by atoms with Crippen LogP contribution < -0.4 is 5.32 Å². The number of para-hydroxylation sites is 1. The summed E-state index contributed by atoms with van der Waals surface area (Å²) in [5, 5.41) is 22.7. The second-order valence-corrected chi connectivity index (χ2v) is 5.73. The number of benzene rings is 1. The summed E-state index contributed by atoms with van der Waals surface area (Å²) in [6, 6.07) is 10.4. The lowest BCUT2D eigenvalue weighted by Crippen LogP contribution is -2.40. The molecule has 2 aromatic rings. The van der Waals surface area contributed by atoms with Crippen LogP contribution in [-0.4, -0.2) is 32.7 Å². The molecule has 1 aliphatic rings. The Morgan fingerprint density at radius 2 is 2.00 bits per heavy atom. The highest BCUT2D eigenvalue weighted by Gasteiger charge is 2.37. The van der Waals surface area contributed by atoms with E-state index in [1.807, 2.05) is 30.3 Å². The predicted octanol–water partition coefficient (Wildman–Crippen LogP) is 2.01. The van der Waals surface area contributed by atoms with Crippen LogP contribution in [0, 0.1) is 0 Å². The summed E-state index contributed by atoms with van der Waals surface area (Å²) >= 11 is 0. The molecule has 1 aliphatic carbocycles. The minimum Gasteiger partial charge on any atom is -0.383 e. The Morgan fingerprint density at radius 1 is 1.29 bits per heavy atom. The van der Waals surface area contributed by atoms with Crippen LogP contribution >= 0.6 is 0 Å². The Labute approximate surface area is 125 Å². The molecule has 5 heteroatoms. The first-order valence-electron chi connectivity index (χ1n) is 7.65. The molecule has 112 valence electrons. The van der Waals surface area contributed by atoms with Gasteiger partial charge >= 0.3 is 0 Å². The molecule has 21 heavy (non-hydrogen) atoms. The fourth-order valence-corrected chi connectivity index (χ4v) is 3.16. The maximum absolute atomic E-state index is 11.0. The van der Waals surface area contributed by atoms with Gasteiger partial charge in [0.2, 0.25) is 0 Å².